The first-order valence-electron chi connectivity index (χ1n) is 5.25. The molecule has 0 aliphatic carbocycles. The molecule has 0 bridgehead atoms. The highest BCUT2D eigenvalue weighted by Crippen LogP contribution is 2.20. The summed E-state index contributed by atoms with van der Waals surface area (Å²) in [5.41, 5.74) is 8.39. The molecule has 0 saturated heterocycles. The maximum absolute atomic E-state index is 13.1. The first-order valence-corrected chi connectivity index (χ1v) is 5.25. The fourth-order valence-electron chi connectivity index (χ4n) is 1.86. The Balaban J connectivity index is 2.52. The average molecular weight is 221 g/mol. The van der Waals surface area contributed by atoms with Gasteiger partial charge in [0.2, 0.25) is 0 Å². The van der Waals surface area contributed by atoms with E-state index in [-0.39, 0.29) is 11.4 Å². The Labute approximate surface area is 94.1 Å². The largest absolute Gasteiger partial charge is 0.346 e. The van der Waals surface area contributed by atoms with E-state index in [0.29, 0.717) is 0 Å². The molecule has 86 valence electrons. The third-order valence-electron chi connectivity index (χ3n) is 2.60. The van der Waals surface area contributed by atoms with E-state index in [9.17, 15) is 4.39 Å². The lowest BCUT2D eigenvalue weighted by Crippen LogP contribution is -2.35. The first-order chi connectivity index (χ1) is 7.37. The Hall–Kier alpha value is -1.42. The molecule has 2 aromatic rings. The van der Waals surface area contributed by atoms with Gasteiger partial charge in [0.1, 0.15) is 5.82 Å². The maximum Gasteiger partial charge on any atom is 0.143 e. The molecular formula is C12H16FN3. The number of aryl methyl sites for hydroxylation is 1. The van der Waals surface area contributed by atoms with Crippen molar-refractivity contribution >= 4 is 11.0 Å². The zero-order valence-electron chi connectivity index (χ0n) is 9.79. The second kappa shape index (κ2) is 3.56. The number of aromatic nitrogens is 2. The molecule has 2 aromatic heterocycles. The monoisotopic (exact) mass is 221 g/mol. The molecule has 0 atom stereocenters. The molecule has 0 saturated carbocycles. The molecule has 4 heteroatoms. The molecule has 2 N–H and O–H groups in total. The Morgan fingerprint density at radius 3 is 2.75 bits per heavy atom. The van der Waals surface area contributed by atoms with E-state index in [1.807, 2.05) is 31.5 Å². The van der Waals surface area contributed by atoms with Gasteiger partial charge in [0, 0.05) is 30.8 Å². The number of rotatable bonds is 2. The Kier molecular flexibility index (Phi) is 2.46. The Bertz CT molecular complexity index is 523. The van der Waals surface area contributed by atoms with Crippen LogP contribution < -0.4 is 5.73 Å². The second-order valence-electron chi connectivity index (χ2n) is 4.92. The van der Waals surface area contributed by atoms with Crippen LogP contribution in [0.3, 0.4) is 0 Å². The highest BCUT2D eigenvalue weighted by Gasteiger charge is 2.16. The molecule has 0 fully saturated rings. The molecule has 0 unspecified atom stereocenters. The van der Waals surface area contributed by atoms with Crippen LogP contribution in [0.2, 0.25) is 0 Å². The van der Waals surface area contributed by atoms with Crippen molar-refractivity contribution < 1.29 is 4.39 Å². The molecule has 0 aliphatic heterocycles. The fraction of sp³-hybridized carbons (Fsp3) is 0.417. The van der Waals surface area contributed by atoms with Crippen molar-refractivity contribution in [1.29, 1.82) is 0 Å². The number of fused-ring (bicyclic) bond motifs is 1. The highest BCUT2D eigenvalue weighted by molar-refractivity contribution is 5.76. The standard InChI is InChI=1S/C12H16FN3/c1-12(2,14)6-9-5-10-11(16(9)3)4-8(13)7-15-10/h4-5,7H,6,14H2,1-3H3. The molecule has 16 heavy (non-hydrogen) atoms. The summed E-state index contributed by atoms with van der Waals surface area (Å²) < 4.78 is 15.0. The van der Waals surface area contributed by atoms with Crippen molar-refractivity contribution in [3.8, 4) is 0 Å². The average Bonchev–Trinajstić information content (AvgIpc) is 2.42. The number of hydrogen-bond acceptors (Lipinski definition) is 2. The minimum absolute atomic E-state index is 0.277. The molecule has 2 rings (SSSR count). The van der Waals surface area contributed by atoms with Crippen molar-refractivity contribution in [2.75, 3.05) is 0 Å². The molecule has 2 heterocycles. The van der Waals surface area contributed by atoms with Crippen LogP contribution in [-0.4, -0.2) is 15.1 Å². The number of nitrogens with zero attached hydrogens (tertiary/aromatic N) is 2. The van der Waals surface area contributed by atoms with Gasteiger partial charge in [-0.25, -0.2) is 4.39 Å². The van der Waals surface area contributed by atoms with Crippen LogP contribution in [0.5, 0.6) is 0 Å². The summed E-state index contributed by atoms with van der Waals surface area (Å²) in [5, 5.41) is 0. The van der Waals surface area contributed by atoms with Crippen molar-refractivity contribution in [1.82, 2.24) is 9.55 Å². The van der Waals surface area contributed by atoms with Gasteiger partial charge < -0.3 is 10.3 Å². The van der Waals surface area contributed by atoms with Gasteiger partial charge in [0.25, 0.3) is 0 Å². The van der Waals surface area contributed by atoms with E-state index in [4.69, 9.17) is 5.73 Å². The van der Waals surface area contributed by atoms with E-state index in [2.05, 4.69) is 4.98 Å². The van der Waals surface area contributed by atoms with E-state index in [1.165, 1.54) is 12.3 Å². The van der Waals surface area contributed by atoms with E-state index in [0.717, 1.165) is 23.1 Å². The van der Waals surface area contributed by atoms with Crippen LogP contribution in [-0.2, 0) is 13.5 Å². The number of pyridine rings is 1. The second-order valence-corrected chi connectivity index (χ2v) is 4.92. The summed E-state index contributed by atoms with van der Waals surface area (Å²) in [6.07, 6.45) is 1.97. The molecular weight excluding hydrogens is 205 g/mol. The highest BCUT2D eigenvalue weighted by atomic mass is 19.1. The first kappa shape index (κ1) is 11.1. The maximum atomic E-state index is 13.1. The zero-order valence-corrected chi connectivity index (χ0v) is 9.79. The van der Waals surface area contributed by atoms with Gasteiger partial charge in [0.15, 0.2) is 0 Å². The van der Waals surface area contributed by atoms with Gasteiger partial charge in [-0.05, 0) is 19.9 Å². The number of nitrogens with two attached hydrogens (primary N) is 1. The van der Waals surface area contributed by atoms with Crippen LogP contribution in [0.15, 0.2) is 18.3 Å². The minimum atomic E-state index is -0.313. The summed E-state index contributed by atoms with van der Waals surface area (Å²) in [5.74, 6) is -0.313. The summed E-state index contributed by atoms with van der Waals surface area (Å²) in [6, 6.07) is 3.46. The van der Waals surface area contributed by atoms with Crippen LogP contribution in [0.4, 0.5) is 4.39 Å². The normalized spacial score (nSPS) is 12.3. The SMILES string of the molecule is Cn1c(CC(C)(C)N)cc2ncc(F)cc21. The molecule has 0 spiro atoms. The fourth-order valence-corrected chi connectivity index (χ4v) is 1.86. The van der Waals surface area contributed by atoms with Crippen molar-refractivity contribution in [3.63, 3.8) is 0 Å². The van der Waals surface area contributed by atoms with Gasteiger partial charge in [-0.2, -0.15) is 0 Å². The Morgan fingerprint density at radius 2 is 2.12 bits per heavy atom. The molecule has 0 aliphatic rings. The van der Waals surface area contributed by atoms with Crippen molar-refractivity contribution in [2.45, 2.75) is 25.8 Å². The zero-order chi connectivity index (χ0) is 11.9. The van der Waals surface area contributed by atoms with Crippen molar-refractivity contribution in [2.24, 2.45) is 12.8 Å². The number of halogens is 1. The van der Waals surface area contributed by atoms with E-state index in [1.54, 1.807) is 0 Å². The summed E-state index contributed by atoms with van der Waals surface area (Å²) in [7, 11) is 1.91. The lowest BCUT2D eigenvalue weighted by atomic mass is 10.0. The van der Waals surface area contributed by atoms with Gasteiger partial charge in [-0.15, -0.1) is 0 Å². The minimum Gasteiger partial charge on any atom is -0.346 e. The van der Waals surface area contributed by atoms with Gasteiger partial charge >= 0.3 is 0 Å². The van der Waals surface area contributed by atoms with Crippen LogP contribution in [0.1, 0.15) is 19.5 Å². The molecule has 0 radical (unpaired) electrons. The third-order valence-corrected chi connectivity index (χ3v) is 2.60. The van der Waals surface area contributed by atoms with Crippen molar-refractivity contribution in [3.05, 3.63) is 29.8 Å². The lowest BCUT2D eigenvalue weighted by Gasteiger charge is -2.18. The quantitative estimate of drug-likeness (QED) is 0.842. The predicted octanol–water partition coefficient (Wildman–Crippen LogP) is 1.99. The lowest BCUT2D eigenvalue weighted by molar-refractivity contribution is 0.503. The summed E-state index contributed by atoms with van der Waals surface area (Å²) >= 11 is 0. The summed E-state index contributed by atoms with van der Waals surface area (Å²) in [6.45, 7) is 3.94. The van der Waals surface area contributed by atoms with E-state index < -0.39 is 0 Å². The van der Waals surface area contributed by atoms with E-state index >= 15 is 0 Å². The molecule has 3 nitrogen and oxygen atoms in total. The molecule has 0 amide bonds. The third kappa shape index (κ3) is 2.07. The Morgan fingerprint density at radius 1 is 1.44 bits per heavy atom. The number of hydrogen-bond donors (Lipinski definition) is 1. The molecule has 0 aromatic carbocycles. The topological polar surface area (TPSA) is 43.8 Å². The van der Waals surface area contributed by atoms with Crippen LogP contribution >= 0.6 is 0 Å². The van der Waals surface area contributed by atoms with Gasteiger partial charge in [-0.3, -0.25) is 4.98 Å². The van der Waals surface area contributed by atoms with Crippen LogP contribution in [0, 0.1) is 5.82 Å². The van der Waals surface area contributed by atoms with Crippen LogP contribution in [0.25, 0.3) is 11.0 Å². The predicted molar refractivity (Wildman–Crippen MR) is 62.6 cm³/mol. The van der Waals surface area contributed by atoms with Gasteiger partial charge in [-0.1, -0.05) is 0 Å². The smallest absolute Gasteiger partial charge is 0.143 e. The van der Waals surface area contributed by atoms with Gasteiger partial charge in [0.05, 0.1) is 17.2 Å². The summed E-state index contributed by atoms with van der Waals surface area (Å²) in [4.78, 5) is 4.06.